The summed E-state index contributed by atoms with van der Waals surface area (Å²) in [5, 5.41) is 15.9. The van der Waals surface area contributed by atoms with E-state index in [1.165, 1.54) is 0 Å². The van der Waals surface area contributed by atoms with E-state index in [1.807, 2.05) is 20.8 Å². The van der Waals surface area contributed by atoms with Crippen LogP contribution >= 0.6 is 0 Å². The predicted octanol–water partition coefficient (Wildman–Crippen LogP) is 1.07. The average Bonchev–Trinajstić information content (AvgIpc) is 2.90. The summed E-state index contributed by atoms with van der Waals surface area (Å²) in [5.41, 5.74) is 2.06. The summed E-state index contributed by atoms with van der Waals surface area (Å²) < 4.78 is 0. The number of rotatable bonds is 4. The van der Waals surface area contributed by atoms with Gasteiger partial charge in [-0.25, -0.2) is 0 Å². The minimum atomic E-state index is -0.916. The van der Waals surface area contributed by atoms with Crippen molar-refractivity contribution in [1.82, 2.24) is 15.5 Å². The van der Waals surface area contributed by atoms with Crippen LogP contribution in [0.3, 0.4) is 0 Å². The molecule has 0 aromatic heterocycles. The number of aliphatic hydroxyl groups excluding tert-OH is 1. The Bertz CT molecular complexity index is 746. The zero-order valence-electron chi connectivity index (χ0n) is 15.3. The molecule has 3 rings (SSSR count). The molecule has 7 nitrogen and oxygen atoms in total. The molecule has 2 heterocycles. The Morgan fingerprint density at radius 3 is 2.69 bits per heavy atom. The van der Waals surface area contributed by atoms with E-state index in [0.717, 1.165) is 5.56 Å². The van der Waals surface area contributed by atoms with E-state index in [0.29, 0.717) is 30.0 Å². The van der Waals surface area contributed by atoms with Gasteiger partial charge in [0.25, 0.3) is 5.91 Å². The topological polar surface area (TPSA) is 98.7 Å². The van der Waals surface area contributed by atoms with Gasteiger partial charge in [-0.3, -0.25) is 24.6 Å². The monoisotopic (exact) mass is 359 g/mol. The number of amides is 3. The summed E-state index contributed by atoms with van der Waals surface area (Å²) in [7, 11) is 0. The number of nitrogens with one attached hydrogen (secondary N) is 2. The number of piperidine rings is 1. The number of fused-ring (bicyclic) bond motifs is 1. The lowest BCUT2D eigenvalue weighted by atomic mass is 10.0. The highest BCUT2D eigenvalue weighted by atomic mass is 16.3. The molecule has 1 aromatic carbocycles. The number of hydrogen-bond donors (Lipinski definition) is 3. The smallest absolute Gasteiger partial charge is 0.251 e. The summed E-state index contributed by atoms with van der Waals surface area (Å²) in [4.78, 5) is 37.5. The van der Waals surface area contributed by atoms with Crippen LogP contribution in [0.1, 0.15) is 61.3 Å². The van der Waals surface area contributed by atoms with Crippen molar-refractivity contribution in [2.45, 2.75) is 58.5 Å². The van der Waals surface area contributed by atoms with E-state index in [4.69, 9.17) is 0 Å². The molecule has 0 spiro atoms. The van der Waals surface area contributed by atoms with Crippen LogP contribution < -0.4 is 10.6 Å². The summed E-state index contributed by atoms with van der Waals surface area (Å²) in [6, 6.07) is 4.71. The molecule has 140 valence electrons. The number of nitrogens with zero attached hydrogens (tertiary/aromatic N) is 1. The second kappa shape index (κ2) is 7.17. The number of benzene rings is 1. The Kier molecular flexibility index (Phi) is 5.11. The Morgan fingerprint density at radius 1 is 1.31 bits per heavy atom. The quantitative estimate of drug-likeness (QED) is 0.699. The maximum atomic E-state index is 12.4. The molecule has 2 aliphatic heterocycles. The number of carbonyl (C=O) groups excluding carboxylic acids is 3. The molecular formula is C19H25N3O4. The van der Waals surface area contributed by atoms with Gasteiger partial charge in [0.05, 0.1) is 6.04 Å². The van der Waals surface area contributed by atoms with Crippen LogP contribution in [-0.4, -0.2) is 39.8 Å². The largest absolute Gasteiger partial charge is 0.374 e. The minimum absolute atomic E-state index is 0.0568. The van der Waals surface area contributed by atoms with Crippen LogP contribution in [0.25, 0.3) is 0 Å². The highest BCUT2D eigenvalue weighted by Crippen LogP contribution is 2.35. The first-order valence-corrected chi connectivity index (χ1v) is 8.99. The number of carbonyl (C=O) groups is 3. The van der Waals surface area contributed by atoms with Crippen molar-refractivity contribution >= 4 is 17.7 Å². The van der Waals surface area contributed by atoms with Gasteiger partial charge in [-0.05, 0) is 42.5 Å². The average molecular weight is 359 g/mol. The standard InChI is InChI=1S/C19H25N3O4/c1-10(2)11(3)20-17(24)12-4-5-14-13(8-12)9-22(19(14)26)15-6-7-16(23)21-18(15)25/h4-5,8,10-11,15,19,26H,6-7,9H2,1-3H3,(H,20,24)(H,21,23,25)/t11-,15?,19?/m0/s1. The van der Waals surface area contributed by atoms with Gasteiger partial charge in [0, 0.05) is 24.6 Å². The Hall–Kier alpha value is -2.25. The fraction of sp³-hybridized carbons (Fsp3) is 0.526. The minimum Gasteiger partial charge on any atom is -0.374 e. The van der Waals surface area contributed by atoms with Crippen molar-refractivity contribution in [2.75, 3.05) is 0 Å². The third-order valence-corrected chi connectivity index (χ3v) is 5.32. The van der Waals surface area contributed by atoms with Crippen LogP contribution in [0.2, 0.25) is 0 Å². The normalized spacial score (nSPS) is 24.3. The molecule has 1 saturated heterocycles. The van der Waals surface area contributed by atoms with Gasteiger partial charge in [-0.15, -0.1) is 0 Å². The number of imide groups is 1. The first-order valence-electron chi connectivity index (χ1n) is 8.99. The lowest BCUT2D eigenvalue weighted by molar-refractivity contribution is -0.141. The zero-order valence-corrected chi connectivity index (χ0v) is 15.3. The number of hydrogen-bond acceptors (Lipinski definition) is 5. The maximum Gasteiger partial charge on any atom is 0.251 e. The number of aliphatic hydroxyl groups is 1. The molecule has 0 bridgehead atoms. The van der Waals surface area contributed by atoms with E-state index in [-0.39, 0.29) is 30.2 Å². The van der Waals surface area contributed by atoms with Gasteiger partial charge in [0.15, 0.2) is 0 Å². The van der Waals surface area contributed by atoms with Crippen LogP contribution in [0.4, 0.5) is 0 Å². The van der Waals surface area contributed by atoms with Crippen molar-refractivity contribution in [1.29, 1.82) is 0 Å². The lowest BCUT2D eigenvalue weighted by Gasteiger charge is -2.31. The summed E-state index contributed by atoms with van der Waals surface area (Å²) in [5.74, 6) is -0.478. The predicted molar refractivity (Wildman–Crippen MR) is 94.9 cm³/mol. The fourth-order valence-corrected chi connectivity index (χ4v) is 3.33. The molecule has 3 amide bonds. The molecule has 2 unspecified atom stereocenters. The molecule has 1 fully saturated rings. The molecule has 26 heavy (non-hydrogen) atoms. The Labute approximate surface area is 152 Å². The first-order chi connectivity index (χ1) is 12.3. The zero-order chi connectivity index (χ0) is 19.0. The van der Waals surface area contributed by atoms with Gasteiger partial charge in [-0.2, -0.15) is 0 Å². The molecular weight excluding hydrogens is 334 g/mol. The molecule has 1 aromatic rings. The van der Waals surface area contributed by atoms with E-state index < -0.39 is 12.3 Å². The van der Waals surface area contributed by atoms with E-state index >= 15 is 0 Å². The van der Waals surface area contributed by atoms with Crippen LogP contribution in [0, 0.1) is 5.92 Å². The second-order valence-corrected chi connectivity index (χ2v) is 7.43. The Morgan fingerprint density at radius 2 is 2.04 bits per heavy atom. The maximum absolute atomic E-state index is 12.4. The molecule has 0 saturated carbocycles. The van der Waals surface area contributed by atoms with E-state index in [2.05, 4.69) is 10.6 Å². The van der Waals surface area contributed by atoms with Crippen LogP contribution in [0.5, 0.6) is 0 Å². The summed E-state index contributed by atoms with van der Waals surface area (Å²) in [6.45, 7) is 6.41. The molecule has 7 heteroatoms. The van der Waals surface area contributed by atoms with Gasteiger partial charge < -0.3 is 10.4 Å². The molecule has 0 aliphatic carbocycles. The third kappa shape index (κ3) is 3.50. The van der Waals surface area contributed by atoms with E-state index in [9.17, 15) is 19.5 Å². The van der Waals surface area contributed by atoms with Gasteiger partial charge in [0.1, 0.15) is 6.23 Å². The third-order valence-electron chi connectivity index (χ3n) is 5.32. The van der Waals surface area contributed by atoms with E-state index in [1.54, 1.807) is 23.1 Å². The SMILES string of the molecule is CC(C)[C@H](C)NC(=O)c1ccc2c(c1)CN(C1CCC(=O)NC1=O)C2O. The van der Waals surface area contributed by atoms with Crippen molar-refractivity contribution in [3.8, 4) is 0 Å². The highest BCUT2D eigenvalue weighted by molar-refractivity contribution is 6.00. The van der Waals surface area contributed by atoms with Gasteiger partial charge in [-0.1, -0.05) is 19.9 Å². The van der Waals surface area contributed by atoms with Crippen molar-refractivity contribution in [2.24, 2.45) is 5.92 Å². The first kappa shape index (κ1) is 18.5. The molecule has 2 aliphatic rings. The molecule has 0 radical (unpaired) electrons. The van der Waals surface area contributed by atoms with Crippen LogP contribution in [-0.2, 0) is 16.1 Å². The molecule has 3 atom stereocenters. The fourth-order valence-electron chi connectivity index (χ4n) is 3.33. The Balaban J connectivity index is 1.76. The van der Waals surface area contributed by atoms with Crippen molar-refractivity contribution in [3.63, 3.8) is 0 Å². The summed E-state index contributed by atoms with van der Waals surface area (Å²) in [6.07, 6.45) is -0.272. The summed E-state index contributed by atoms with van der Waals surface area (Å²) >= 11 is 0. The van der Waals surface area contributed by atoms with Gasteiger partial charge in [0.2, 0.25) is 11.8 Å². The highest BCUT2D eigenvalue weighted by Gasteiger charge is 2.39. The second-order valence-electron chi connectivity index (χ2n) is 7.43. The lowest BCUT2D eigenvalue weighted by Crippen LogP contribution is -2.51. The van der Waals surface area contributed by atoms with Crippen LogP contribution in [0.15, 0.2) is 18.2 Å². The van der Waals surface area contributed by atoms with Gasteiger partial charge >= 0.3 is 0 Å². The van der Waals surface area contributed by atoms with Crippen molar-refractivity contribution < 1.29 is 19.5 Å². The van der Waals surface area contributed by atoms with Crippen molar-refractivity contribution in [3.05, 3.63) is 34.9 Å². The molecule has 3 N–H and O–H groups in total.